The van der Waals surface area contributed by atoms with Gasteiger partial charge >= 0.3 is 5.97 Å². The maximum atomic E-state index is 13.8. The molecule has 0 spiro atoms. The van der Waals surface area contributed by atoms with Gasteiger partial charge in [-0.05, 0) is 23.8 Å². The molecule has 1 aromatic heterocycles. The summed E-state index contributed by atoms with van der Waals surface area (Å²) in [7, 11) is 0. The summed E-state index contributed by atoms with van der Waals surface area (Å²) in [6.45, 7) is 3.92. The maximum Gasteiger partial charge on any atom is 0.345 e. The van der Waals surface area contributed by atoms with Crippen molar-refractivity contribution in [2.45, 2.75) is 19.3 Å². The minimum atomic E-state index is -1.06. The molecule has 4 nitrogen and oxygen atoms in total. The van der Waals surface area contributed by atoms with Crippen LogP contribution in [0.1, 0.15) is 38.8 Å². The number of hydrogen-bond donors (Lipinski definition) is 2. The van der Waals surface area contributed by atoms with Gasteiger partial charge in [-0.15, -0.1) is 11.3 Å². The van der Waals surface area contributed by atoms with Crippen LogP contribution in [0.2, 0.25) is 0 Å². The highest BCUT2D eigenvalue weighted by molar-refractivity contribution is 7.15. The predicted octanol–water partition coefficient (Wildman–Crippen LogP) is 3.29. The van der Waals surface area contributed by atoms with Crippen LogP contribution in [0.3, 0.4) is 0 Å². The normalized spacial score (nSPS) is 11.2. The summed E-state index contributed by atoms with van der Waals surface area (Å²) in [5.74, 6) is -1.73. The second-order valence-electron chi connectivity index (χ2n) is 5.52. The number of hydrogen-bond acceptors (Lipinski definition) is 3. The van der Waals surface area contributed by atoms with Gasteiger partial charge in [0.05, 0.1) is 4.88 Å². The Morgan fingerprint density at radius 1 is 1.18 bits per heavy atom. The number of carboxylic acid groups (broad SMARTS) is 1. The van der Waals surface area contributed by atoms with Gasteiger partial charge in [0.15, 0.2) is 0 Å². The molecule has 0 aliphatic carbocycles. The molecule has 0 saturated heterocycles. The van der Waals surface area contributed by atoms with Gasteiger partial charge in [-0.2, -0.15) is 0 Å². The van der Waals surface area contributed by atoms with E-state index in [0.29, 0.717) is 10.4 Å². The number of carbonyl (C=O) groups excluding carboxylic acids is 1. The number of halogens is 1. The lowest BCUT2D eigenvalue weighted by atomic mass is 9.84. The van der Waals surface area contributed by atoms with Crippen molar-refractivity contribution in [3.05, 3.63) is 57.5 Å². The van der Waals surface area contributed by atoms with Gasteiger partial charge in [0.25, 0.3) is 5.91 Å². The molecule has 0 bridgehead atoms. The number of aromatic carboxylic acids is 1. The van der Waals surface area contributed by atoms with Gasteiger partial charge in [-0.1, -0.05) is 32.0 Å². The zero-order chi connectivity index (χ0) is 16.3. The third kappa shape index (κ3) is 3.51. The van der Waals surface area contributed by atoms with Crippen LogP contribution in [-0.4, -0.2) is 23.5 Å². The topological polar surface area (TPSA) is 66.4 Å². The number of carboxylic acids is 1. The van der Waals surface area contributed by atoms with Crippen molar-refractivity contribution in [1.82, 2.24) is 5.32 Å². The molecular formula is C16H16FNO3S. The van der Waals surface area contributed by atoms with Crippen molar-refractivity contribution in [1.29, 1.82) is 0 Å². The van der Waals surface area contributed by atoms with E-state index in [2.05, 4.69) is 5.32 Å². The summed E-state index contributed by atoms with van der Waals surface area (Å²) in [6.07, 6.45) is 0. The van der Waals surface area contributed by atoms with Crippen molar-refractivity contribution < 1.29 is 19.1 Å². The minimum absolute atomic E-state index is 0.110. The molecule has 0 aliphatic heterocycles. The highest BCUT2D eigenvalue weighted by atomic mass is 32.1. The van der Waals surface area contributed by atoms with Crippen molar-refractivity contribution in [2.24, 2.45) is 0 Å². The second-order valence-corrected chi connectivity index (χ2v) is 6.60. The zero-order valence-electron chi connectivity index (χ0n) is 12.2. The first-order chi connectivity index (χ1) is 10.3. The van der Waals surface area contributed by atoms with E-state index in [-0.39, 0.29) is 23.1 Å². The zero-order valence-corrected chi connectivity index (χ0v) is 13.0. The molecule has 1 heterocycles. The molecule has 1 amide bonds. The number of benzene rings is 1. The molecule has 22 heavy (non-hydrogen) atoms. The second kappa shape index (κ2) is 6.27. The Bertz CT molecular complexity index is 709. The summed E-state index contributed by atoms with van der Waals surface area (Å²) in [6, 6.07) is 9.31. The first kappa shape index (κ1) is 16.2. The summed E-state index contributed by atoms with van der Waals surface area (Å²) in [4.78, 5) is 23.3. The number of thiophene rings is 1. The summed E-state index contributed by atoms with van der Waals surface area (Å²) >= 11 is 0.913. The SMILES string of the molecule is CC(C)(CNC(=O)c1ccc(C(=O)O)s1)c1ccccc1F. The molecule has 0 atom stereocenters. The molecule has 6 heteroatoms. The molecule has 0 saturated carbocycles. The van der Waals surface area contributed by atoms with Gasteiger partial charge < -0.3 is 10.4 Å². The molecule has 2 N–H and O–H groups in total. The number of rotatable bonds is 5. The highest BCUT2D eigenvalue weighted by Gasteiger charge is 2.25. The summed E-state index contributed by atoms with van der Waals surface area (Å²) in [5, 5.41) is 11.6. The standard InChI is InChI=1S/C16H16FNO3S/c1-16(2,10-5-3-4-6-11(10)17)9-18-14(19)12-7-8-13(22-12)15(20)21/h3-8H,9H2,1-2H3,(H,18,19)(H,20,21). The first-order valence-corrected chi connectivity index (χ1v) is 7.49. The average molecular weight is 321 g/mol. The third-order valence-corrected chi connectivity index (χ3v) is 4.41. The van der Waals surface area contributed by atoms with E-state index in [1.54, 1.807) is 18.2 Å². The van der Waals surface area contributed by atoms with E-state index in [1.807, 2.05) is 13.8 Å². The summed E-state index contributed by atoms with van der Waals surface area (Å²) in [5.41, 5.74) is -0.0545. The van der Waals surface area contributed by atoms with Crippen LogP contribution in [0.4, 0.5) is 4.39 Å². The van der Waals surface area contributed by atoms with E-state index in [1.165, 1.54) is 18.2 Å². The van der Waals surface area contributed by atoms with Gasteiger partial charge in [0, 0.05) is 12.0 Å². The van der Waals surface area contributed by atoms with Gasteiger partial charge in [0.1, 0.15) is 10.7 Å². The fraction of sp³-hybridized carbons (Fsp3) is 0.250. The fourth-order valence-corrected chi connectivity index (χ4v) is 2.83. The highest BCUT2D eigenvalue weighted by Crippen LogP contribution is 2.25. The monoisotopic (exact) mass is 321 g/mol. The molecule has 0 unspecified atom stereocenters. The molecule has 0 radical (unpaired) electrons. The molecule has 116 valence electrons. The third-order valence-electron chi connectivity index (χ3n) is 3.33. The Labute approximate surface area is 131 Å². The van der Waals surface area contributed by atoms with Crippen molar-refractivity contribution in [3.8, 4) is 0 Å². The lowest BCUT2D eigenvalue weighted by Crippen LogP contribution is -2.37. The number of nitrogens with one attached hydrogen (secondary N) is 1. The van der Waals surface area contributed by atoms with Gasteiger partial charge in [0.2, 0.25) is 0 Å². The van der Waals surface area contributed by atoms with Gasteiger partial charge in [-0.25, -0.2) is 9.18 Å². The van der Waals surface area contributed by atoms with Crippen LogP contribution in [0.5, 0.6) is 0 Å². The first-order valence-electron chi connectivity index (χ1n) is 6.67. The Morgan fingerprint density at radius 2 is 1.82 bits per heavy atom. The van der Waals surface area contributed by atoms with Crippen LogP contribution in [0, 0.1) is 5.82 Å². The number of amides is 1. The lowest BCUT2D eigenvalue weighted by Gasteiger charge is -2.26. The predicted molar refractivity (Wildman–Crippen MR) is 83.0 cm³/mol. The van der Waals surface area contributed by atoms with Crippen molar-refractivity contribution >= 4 is 23.2 Å². The quantitative estimate of drug-likeness (QED) is 0.888. The van der Waals surface area contributed by atoms with E-state index in [0.717, 1.165) is 11.3 Å². The molecular weight excluding hydrogens is 305 g/mol. The Kier molecular flexibility index (Phi) is 4.61. The Balaban J connectivity index is 2.06. The van der Waals surface area contributed by atoms with Crippen LogP contribution in [0.25, 0.3) is 0 Å². The van der Waals surface area contributed by atoms with Crippen molar-refractivity contribution in [2.75, 3.05) is 6.54 Å². The maximum absolute atomic E-state index is 13.8. The fourth-order valence-electron chi connectivity index (χ4n) is 2.07. The molecule has 2 aromatic rings. The van der Waals surface area contributed by atoms with E-state index < -0.39 is 11.4 Å². The van der Waals surface area contributed by atoms with E-state index in [4.69, 9.17) is 5.11 Å². The Morgan fingerprint density at radius 3 is 2.41 bits per heavy atom. The number of carbonyl (C=O) groups is 2. The average Bonchev–Trinajstić information content (AvgIpc) is 2.95. The van der Waals surface area contributed by atoms with E-state index >= 15 is 0 Å². The van der Waals surface area contributed by atoms with Crippen molar-refractivity contribution in [3.63, 3.8) is 0 Å². The smallest absolute Gasteiger partial charge is 0.345 e. The van der Waals surface area contributed by atoms with E-state index in [9.17, 15) is 14.0 Å². The van der Waals surface area contributed by atoms with Gasteiger partial charge in [-0.3, -0.25) is 4.79 Å². The molecule has 1 aromatic carbocycles. The summed E-state index contributed by atoms with van der Waals surface area (Å²) < 4.78 is 13.8. The Hall–Kier alpha value is -2.21. The van der Waals surface area contributed by atoms with Crippen LogP contribution >= 0.6 is 11.3 Å². The largest absolute Gasteiger partial charge is 0.477 e. The molecule has 0 fully saturated rings. The van der Waals surface area contributed by atoms with Crippen LogP contribution in [0.15, 0.2) is 36.4 Å². The lowest BCUT2D eigenvalue weighted by molar-refractivity contribution is 0.0702. The molecule has 0 aliphatic rings. The molecule has 2 rings (SSSR count). The minimum Gasteiger partial charge on any atom is -0.477 e. The van der Waals surface area contributed by atoms with Crippen LogP contribution < -0.4 is 5.32 Å². The van der Waals surface area contributed by atoms with Crippen LogP contribution in [-0.2, 0) is 5.41 Å².